The fourth-order valence-corrected chi connectivity index (χ4v) is 4.24. The molecule has 160 valence electrons. The highest BCUT2D eigenvalue weighted by Crippen LogP contribution is 2.21. The molecule has 0 bridgehead atoms. The van der Waals surface area contributed by atoms with Gasteiger partial charge in [0.15, 0.2) is 0 Å². The molecule has 1 aliphatic carbocycles. The third kappa shape index (κ3) is 6.53. The Kier molecular flexibility index (Phi) is 8.64. The molecule has 2 aromatic rings. The molecule has 1 N–H and O–H groups in total. The number of nitrogens with one attached hydrogen (secondary N) is 1. The molecule has 0 heterocycles. The van der Waals surface area contributed by atoms with Crippen LogP contribution in [0.25, 0.3) is 11.1 Å². The van der Waals surface area contributed by atoms with Gasteiger partial charge in [0, 0.05) is 31.0 Å². The van der Waals surface area contributed by atoms with Gasteiger partial charge in [-0.25, -0.2) is 0 Å². The van der Waals surface area contributed by atoms with E-state index >= 15 is 0 Å². The minimum Gasteiger partial charge on any atom is -0.352 e. The maximum atomic E-state index is 12.4. The lowest BCUT2D eigenvalue weighted by molar-refractivity contribution is -0.121. The first kappa shape index (κ1) is 22.2. The summed E-state index contributed by atoms with van der Waals surface area (Å²) >= 11 is 0. The molecule has 1 fully saturated rings. The summed E-state index contributed by atoms with van der Waals surface area (Å²) in [5, 5.41) is 3.05. The molecule has 0 saturated heterocycles. The SMILES string of the molecule is CCCN(CCCCNC(=O)c1ccc(-c2ccccc2)cc1)C1CCC(=O)CC1. The molecule has 1 saturated carbocycles. The predicted octanol–water partition coefficient (Wildman–Crippen LogP) is 5.09. The van der Waals surface area contributed by atoms with Crippen molar-refractivity contribution in [2.75, 3.05) is 19.6 Å². The quantitative estimate of drug-likeness (QED) is 0.559. The number of benzene rings is 2. The Bertz CT molecular complexity index is 792. The monoisotopic (exact) mass is 406 g/mol. The second-order valence-electron chi connectivity index (χ2n) is 8.21. The third-order valence-electron chi connectivity index (χ3n) is 5.95. The molecule has 0 aromatic heterocycles. The van der Waals surface area contributed by atoms with E-state index < -0.39 is 0 Å². The zero-order valence-electron chi connectivity index (χ0n) is 18.1. The highest BCUT2D eigenvalue weighted by molar-refractivity contribution is 5.94. The van der Waals surface area contributed by atoms with E-state index in [-0.39, 0.29) is 5.91 Å². The third-order valence-corrected chi connectivity index (χ3v) is 5.95. The van der Waals surface area contributed by atoms with Gasteiger partial charge in [-0.05, 0) is 68.5 Å². The highest BCUT2D eigenvalue weighted by atomic mass is 16.1. The van der Waals surface area contributed by atoms with Crippen molar-refractivity contribution in [2.24, 2.45) is 0 Å². The van der Waals surface area contributed by atoms with Gasteiger partial charge in [0.25, 0.3) is 5.91 Å². The van der Waals surface area contributed by atoms with Gasteiger partial charge < -0.3 is 10.2 Å². The second-order valence-corrected chi connectivity index (χ2v) is 8.21. The van der Waals surface area contributed by atoms with Gasteiger partial charge >= 0.3 is 0 Å². The largest absolute Gasteiger partial charge is 0.352 e. The van der Waals surface area contributed by atoms with Gasteiger partial charge in [-0.2, -0.15) is 0 Å². The van der Waals surface area contributed by atoms with E-state index in [1.165, 1.54) is 0 Å². The first-order valence-electron chi connectivity index (χ1n) is 11.4. The van der Waals surface area contributed by atoms with Crippen LogP contribution < -0.4 is 5.32 Å². The number of unbranched alkanes of at least 4 members (excludes halogenated alkanes) is 1. The molecule has 4 heteroatoms. The van der Waals surface area contributed by atoms with E-state index in [9.17, 15) is 9.59 Å². The summed E-state index contributed by atoms with van der Waals surface area (Å²) in [6.07, 6.45) is 6.68. The zero-order chi connectivity index (χ0) is 21.2. The van der Waals surface area contributed by atoms with Crippen LogP contribution in [-0.2, 0) is 4.79 Å². The number of ketones is 1. The lowest BCUT2D eigenvalue weighted by Gasteiger charge is -2.33. The molecule has 4 nitrogen and oxygen atoms in total. The van der Waals surface area contributed by atoms with Crippen LogP contribution in [0.2, 0.25) is 0 Å². The fourth-order valence-electron chi connectivity index (χ4n) is 4.24. The van der Waals surface area contributed by atoms with Gasteiger partial charge in [-0.1, -0.05) is 49.4 Å². The van der Waals surface area contributed by atoms with Crippen LogP contribution in [-0.4, -0.2) is 42.3 Å². The second kappa shape index (κ2) is 11.7. The highest BCUT2D eigenvalue weighted by Gasteiger charge is 2.23. The standard InChI is InChI=1S/C26H34N2O2/c1-2-19-28(24-14-16-25(29)17-15-24)20-7-6-18-27-26(30)23-12-10-22(11-13-23)21-8-4-3-5-9-21/h3-5,8-13,24H,2,6-7,14-20H2,1H3,(H,27,30). The number of rotatable bonds is 10. The fraction of sp³-hybridized carbons (Fsp3) is 0.462. The van der Waals surface area contributed by atoms with Crippen molar-refractivity contribution < 1.29 is 9.59 Å². The van der Waals surface area contributed by atoms with Gasteiger partial charge in [0.05, 0.1) is 0 Å². The number of amides is 1. The minimum atomic E-state index is -0.00850. The zero-order valence-corrected chi connectivity index (χ0v) is 18.1. The van der Waals surface area contributed by atoms with Crippen molar-refractivity contribution in [3.05, 3.63) is 60.2 Å². The van der Waals surface area contributed by atoms with E-state index in [0.29, 0.717) is 23.9 Å². The molecular weight excluding hydrogens is 372 g/mol. The van der Waals surface area contributed by atoms with Crippen molar-refractivity contribution in [3.8, 4) is 11.1 Å². The van der Waals surface area contributed by atoms with Gasteiger partial charge in [0.1, 0.15) is 5.78 Å². The first-order chi connectivity index (χ1) is 14.7. The number of carbonyl (C=O) groups excluding carboxylic acids is 2. The molecule has 0 unspecified atom stereocenters. The Balaban J connectivity index is 1.39. The van der Waals surface area contributed by atoms with Crippen LogP contribution in [0.3, 0.4) is 0 Å². The Morgan fingerprint density at radius 3 is 2.27 bits per heavy atom. The number of carbonyl (C=O) groups is 2. The topological polar surface area (TPSA) is 49.4 Å². The van der Waals surface area contributed by atoms with Crippen molar-refractivity contribution >= 4 is 11.7 Å². The smallest absolute Gasteiger partial charge is 0.251 e. The summed E-state index contributed by atoms with van der Waals surface area (Å²) in [7, 11) is 0. The maximum absolute atomic E-state index is 12.4. The Labute approximate surface area is 180 Å². The Morgan fingerprint density at radius 2 is 1.60 bits per heavy atom. The average molecular weight is 407 g/mol. The minimum absolute atomic E-state index is 0.00850. The summed E-state index contributed by atoms with van der Waals surface area (Å²) in [6.45, 7) is 5.06. The molecule has 0 aliphatic heterocycles. The van der Waals surface area contributed by atoms with Crippen LogP contribution in [0.4, 0.5) is 0 Å². The normalized spacial score (nSPS) is 14.8. The van der Waals surface area contributed by atoms with Crippen LogP contribution in [0, 0.1) is 0 Å². The first-order valence-corrected chi connectivity index (χ1v) is 11.4. The van der Waals surface area contributed by atoms with E-state index in [0.717, 1.165) is 69.2 Å². The molecule has 30 heavy (non-hydrogen) atoms. The maximum Gasteiger partial charge on any atom is 0.251 e. The number of hydrogen-bond donors (Lipinski definition) is 1. The lowest BCUT2D eigenvalue weighted by Crippen LogP contribution is -2.39. The van der Waals surface area contributed by atoms with E-state index in [1.807, 2.05) is 42.5 Å². The lowest BCUT2D eigenvalue weighted by atomic mass is 9.93. The van der Waals surface area contributed by atoms with Gasteiger partial charge in [-0.3, -0.25) is 9.59 Å². The Morgan fingerprint density at radius 1 is 0.933 bits per heavy atom. The number of nitrogens with zero attached hydrogens (tertiary/aromatic N) is 1. The summed E-state index contributed by atoms with van der Waals surface area (Å²) in [5.41, 5.74) is 2.98. The molecule has 2 aromatic carbocycles. The van der Waals surface area contributed by atoms with Crippen LogP contribution in [0.1, 0.15) is 62.2 Å². The van der Waals surface area contributed by atoms with Gasteiger partial charge in [-0.15, -0.1) is 0 Å². The molecule has 1 amide bonds. The molecule has 0 atom stereocenters. The van der Waals surface area contributed by atoms with Crippen molar-refractivity contribution in [1.82, 2.24) is 10.2 Å². The van der Waals surface area contributed by atoms with E-state index in [2.05, 4.69) is 29.3 Å². The van der Waals surface area contributed by atoms with E-state index in [4.69, 9.17) is 0 Å². The van der Waals surface area contributed by atoms with Crippen LogP contribution >= 0.6 is 0 Å². The molecule has 1 aliphatic rings. The van der Waals surface area contributed by atoms with Crippen LogP contribution in [0.5, 0.6) is 0 Å². The van der Waals surface area contributed by atoms with Gasteiger partial charge in [0.2, 0.25) is 0 Å². The van der Waals surface area contributed by atoms with E-state index in [1.54, 1.807) is 0 Å². The van der Waals surface area contributed by atoms with Crippen molar-refractivity contribution in [1.29, 1.82) is 0 Å². The molecule has 0 spiro atoms. The predicted molar refractivity (Wildman–Crippen MR) is 123 cm³/mol. The summed E-state index contributed by atoms with van der Waals surface area (Å²) in [6, 6.07) is 18.5. The summed E-state index contributed by atoms with van der Waals surface area (Å²) in [5.74, 6) is 0.410. The number of hydrogen-bond acceptors (Lipinski definition) is 3. The van der Waals surface area contributed by atoms with Crippen molar-refractivity contribution in [2.45, 2.75) is 57.9 Å². The summed E-state index contributed by atoms with van der Waals surface area (Å²) in [4.78, 5) is 26.5. The Hall–Kier alpha value is -2.46. The van der Waals surface area contributed by atoms with Crippen LogP contribution in [0.15, 0.2) is 54.6 Å². The molecule has 0 radical (unpaired) electrons. The number of Topliss-reactive ketones (excluding diaryl/α,β-unsaturated/α-hetero) is 1. The summed E-state index contributed by atoms with van der Waals surface area (Å²) < 4.78 is 0. The molecule has 3 rings (SSSR count). The van der Waals surface area contributed by atoms with Crippen molar-refractivity contribution in [3.63, 3.8) is 0 Å². The molecular formula is C26H34N2O2. The average Bonchev–Trinajstić information content (AvgIpc) is 2.79.